The van der Waals surface area contributed by atoms with Crippen molar-refractivity contribution >= 4 is 21.6 Å². The smallest absolute Gasteiger partial charge is 0.279 e. The molecule has 0 aromatic heterocycles. The fourth-order valence-corrected chi connectivity index (χ4v) is 5.15. The molecular formula is C23H32N3O3S+. The lowest BCUT2D eigenvalue weighted by Gasteiger charge is -2.31. The molecule has 1 fully saturated rings. The summed E-state index contributed by atoms with van der Waals surface area (Å²) >= 11 is 0. The average molecular weight is 431 g/mol. The normalized spacial score (nSPS) is 16.9. The Bertz CT molecular complexity index is 965. The molecule has 1 atom stereocenters. The number of carbonyl (C=O) groups excluding carboxylic acids is 1. The van der Waals surface area contributed by atoms with E-state index in [1.807, 2.05) is 43.3 Å². The lowest BCUT2D eigenvalue weighted by atomic mass is 9.99. The standard InChI is InChI=1S/C23H31N3O3S/c1-4-18(2)20-9-11-21(12-10-20)30(28,29)26-15-13-25(14-16-26)17-23(27)24-22-8-6-5-7-19(22)3/h5-12,18H,4,13-17H2,1-3H3,(H,24,27)/p+1/t18-/m1/s1. The number of aryl methyl sites for hydroxylation is 1. The van der Waals surface area contributed by atoms with Crippen molar-refractivity contribution in [3.05, 3.63) is 59.7 Å². The molecule has 0 radical (unpaired) electrons. The van der Waals surface area contributed by atoms with Gasteiger partial charge in [-0.25, -0.2) is 8.42 Å². The molecule has 7 heteroatoms. The number of piperazine rings is 1. The van der Waals surface area contributed by atoms with Crippen molar-refractivity contribution in [3.63, 3.8) is 0 Å². The number of hydrogen-bond acceptors (Lipinski definition) is 3. The van der Waals surface area contributed by atoms with Crippen LogP contribution in [-0.4, -0.2) is 51.4 Å². The number of benzene rings is 2. The zero-order chi connectivity index (χ0) is 21.7. The van der Waals surface area contributed by atoms with Gasteiger partial charge in [0.2, 0.25) is 10.0 Å². The van der Waals surface area contributed by atoms with Gasteiger partial charge < -0.3 is 10.2 Å². The van der Waals surface area contributed by atoms with Crippen molar-refractivity contribution in [3.8, 4) is 0 Å². The Morgan fingerprint density at radius 2 is 1.73 bits per heavy atom. The van der Waals surface area contributed by atoms with Crippen LogP contribution in [0.2, 0.25) is 0 Å². The van der Waals surface area contributed by atoms with E-state index in [0.29, 0.717) is 43.5 Å². The van der Waals surface area contributed by atoms with E-state index in [9.17, 15) is 13.2 Å². The van der Waals surface area contributed by atoms with Crippen LogP contribution in [0.5, 0.6) is 0 Å². The predicted octanol–water partition coefficient (Wildman–Crippen LogP) is 2.04. The molecule has 0 spiro atoms. The highest BCUT2D eigenvalue weighted by Gasteiger charge is 2.31. The molecule has 1 heterocycles. The summed E-state index contributed by atoms with van der Waals surface area (Å²) in [5.74, 6) is 0.371. The molecule has 0 aliphatic carbocycles. The van der Waals surface area contributed by atoms with Crippen LogP contribution in [0.4, 0.5) is 5.69 Å². The van der Waals surface area contributed by atoms with Crippen molar-refractivity contribution < 1.29 is 18.1 Å². The Hall–Kier alpha value is -2.22. The van der Waals surface area contributed by atoms with E-state index in [1.165, 1.54) is 4.31 Å². The first-order valence-electron chi connectivity index (χ1n) is 10.6. The third-order valence-corrected chi connectivity index (χ3v) is 7.87. The summed E-state index contributed by atoms with van der Waals surface area (Å²) in [7, 11) is -3.50. The molecule has 1 aliphatic rings. The van der Waals surface area contributed by atoms with Gasteiger partial charge >= 0.3 is 0 Å². The number of quaternary nitrogens is 1. The van der Waals surface area contributed by atoms with Crippen molar-refractivity contribution in [1.29, 1.82) is 0 Å². The minimum Gasteiger partial charge on any atom is -0.325 e. The summed E-state index contributed by atoms with van der Waals surface area (Å²) in [5, 5.41) is 2.95. The first-order chi connectivity index (χ1) is 14.3. The molecule has 2 aromatic carbocycles. The van der Waals surface area contributed by atoms with Gasteiger partial charge in [0, 0.05) is 5.69 Å². The number of amides is 1. The highest BCUT2D eigenvalue weighted by molar-refractivity contribution is 7.89. The average Bonchev–Trinajstić information content (AvgIpc) is 2.75. The molecule has 1 aliphatic heterocycles. The van der Waals surface area contributed by atoms with E-state index in [1.54, 1.807) is 12.1 Å². The molecule has 0 unspecified atom stereocenters. The number of anilines is 1. The Balaban J connectivity index is 1.55. The van der Waals surface area contributed by atoms with Gasteiger partial charge in [-0.05, 0) is 48.6 Å². The predicted molar refractivity (Wildman–Crippen MR) is 119 cm³/mol. The molecule has 6 nitrogen and oxygen atoms in total. The molecule has 30 heavy (non-hydrogen) atoms. The number of nitrogens with one attached hydrogen (secondary N) is 2. The highest BCUT2D eigenvalue weighted by atomic mass is 32.2. The number of para-hydroxylation sites is 1. The minimum atomic E-state index is -3.50. The van der Waals surface area contributed by atoms with Gasteiger partial charge in [-0.1, -0.05) is 44.2 Å². The van der Waals surface area contributed by atoms with Crippen LogP contribution in [0.25, 0.3) is 0 Å². The van der Waals surface area contributed by atoms with Crippen molar-refractivity contribution in [2.24, 2.45) is 0 Å². The maximum atomic E-state index is 13.0. The Morgan fingerprint density at radius 1 is 1.10 bits per heavy atom. The Kier molecular flexibility index (Phi) is 7.28. The Labute approximate surface area is 179 Å². The third kappa shape index (κ3) is 5.28. The van der Waals surface area contributed by atoms with E-state index in [-0.39, 0.29) is 5.91 Å². The second kappa shape index (κ2) is 9.73. The molecule has 2 N–H and O–H groups in total. The van der Waals surface area contributed by atoms with Crippen LogP contribution in [0.1, 0.15) is 37.3 Å². The zero-order valence-corrected chi connectivity index (χ0v) is 18.8. The lowest BCUT2D eigenvalue weighted by Crippen LogP contribution is -3.15. The molecule has 1 saturated heterocycles. The maximum absolute atomic E-state index is 13.0. The SMILES string of the molecule is CC[C@@H](C)c1ccc(S(=O)(=O)N2CC[NH+](CC(=O)Nc3ccccc3C)CC2)cc1. The first kappa shape index (κ1) is 22.5. The van der Waals surface area contributed by atoms with Crippen molar-refractivity contribution in [1.82, 2.24) is 4.31 Å². The summed E-state index contributed by atoms with van der Waals surface area (Å²) < 4.78 is 27.5. The quantitative estimate of drug-likeness (QED) is 0.706. The van der Waals surface area contributed by atoms with E-state index in [4.69, 9.17) is 0 Å². The van der Waals surface area contributed by atoms with Crippen molar-refractivity contribution in [2.45, 2.75) is 38.0 Å². The first-order valence-corrected chi connectivity index (χ1v) is 12.0. The van der Waals surface area contributed by atoms with Crippen LogP contribution >= 0.6 is 0 Å². The van der Waals surface area contributed by atoms with Gasteiger partial charge in [0.25, 0.3) is 5.91 Å². The number of hydrogen-bond donors (Lipinski definition) is 2. The van der Waals surface area contributed by atoms with Crippen LogP contribution < -0.4 is 10.2 Å². The number of rotatable bonds is 7. The van der Waals surface area contributed by atoms with Crippen LogP contribution in [0, 0.1) is 6.92 Å². The van der Waals surface area contributed by atoms with E-state index < -0.39 is 10.0 Å². The van der Waals surface area contributed by atoms with Gasteiger partial charge in [0.1, 0.15) is 0 Å². The van der Waals surface area contributed by atoms with Crippen LogP contribution in [0.15, 0.2) is 53.4 Å². The van der Waals surface area contributed by atoms with Gasteiger partial charge in [-0.2, -0.15) is 4.31 Å². The van der Waals surface area contributed by atoms with Crippen LogP contribution in [-0.2, 0) is 14.8 Å². The monoisotopic (exact) mass is 430 g/mol. The summed E-state index contributed by atoms with van der Waals surface area (Å²) in [4.78, 5) is 13.8. The third-order valence-electron chi connectivity index (χ3n) is 5.96. The zero-order valence-electron chi connectivity index (χ0n) is 18.0. The fourth-order valence-electron chi connectivity index (χ4n) is 3.71. The van der Waals surface area contributed by atoms with Gasteiger partial charge in [0.15, 0.2) is 6.54 Å². The van der Waals surface area contributed by atoms with Crippen molar-refractivity contribution in [2.75, 3.05) is 38.0 Å². The highest BCUT2D eigenvalue weighted by Crippen LogP contribution is 2.22. The second-order valence-electron chi connectivity index (χ2n) is 8.07. The molecule has 1 amide bonds. The van der Waals surface area contributed by atoms with Crippen LogP contribution in [0.3, 0.4) is 0 Å². The summed E-state index contributed by atoms with van der Waals surface area (Å²) in [6, 6.07) is 14.9. The van der Waals surface area contributed by atoms with E-state index >= 15 is 0 Å². The molecule has 0 saturated carbocycles. The van der Waals surface area contributed by atoms with E-state index in [2.05, 4.69) is 19.2 Å². The summed E-state index contributed by atoms with van der Waals surface area (Å²) in [6.07, 6.45) is 1.02. The fraction of sp³-hybridized carbons (Fsp3) is 0.435. The number of carbonyl (C=O) groups is 1. The number of nitrogens with zero attached hydrogens (tertiary/aromatic N) is 1. The Morgan fingerprint density at radius 3 is 2.33 bits per heavy atom. The lowest BCUT2D eigenvalue weighted by molar-refractivity contribution is -0.895. The molecule has 0 bridgehead atoms. The summed E-state index contributed by atoms with van der Waals surface area (Å²) in [5.41, 5.74) is 3.01. The maximum Gasteiger partial charge on any atom is 0.279 e. The van der Waals surface area contributed by atoms with Gasteiger partial charge in [-0.15, -0.1) is 0 Å². The second-order valence-corrected chi connectivity index (χ2v) is 10.0. The molecule has 162 valence electrons. The minimum absolute atomic E-state index is 0.0451. The largest absolute Gasteiger partial charge is 0.325 e. The summed E-state index contributed by atoms with van der Waals surface area (Å²) in [6.45, 7) is 8.63. The number of sulfonamides is 1. The van der Waals surface area contributed by atoms with E-state index in [0.717, 1.165) is 28.1 Å². The molecular weight excluding hydrogens is 398 g/mol. The molecule has 2 aromatic rings. The topological polar surface area (TPSA) is 70.9 Å². The van der Waals surface area contributed by atoms with Gasteiger partial charge in [-0.3, -0.25) is 4.79 Å². The molecule has 3 rings (SSSR count). The van der Waals surface area contributed by atoms with Gasteiger partial charge in [0.05, 0.1) is 31.1 Å².